The van der Waals surface area contributed by atoms with Crippen LogP contribution in [0.5, 0.6) is 0 Å². The second-order valence-corrected chi connectivity index (χ2v) is 6.33. The summed E-state index contributed by atoms with van der Waals surface area (Å²) in [4.78, 5) is 11.9. The van der Waals surface area contributed by atoms with Gasteiger partial charge in [-0.15, -0.1) is 0 Å². The Morgan fingerprint density at radius 3 is 2.22 bits per heavy atom. The Balaban J connectivity index is 1.90. The molecule has 2 aromatic carbocycles. The SMILES string of the molecule is CC(=COC(=O)c1ccccc1)Cc1ccc(CC(C)C)cc1. The first kappa shape index (κ1) is 17.0. The number of hydrogen-bond acceptors (Lipinski definition) is 2. The van der Waals surface area contributed by atoms with Crippen molar-refractivity contribution < 1.29 is 9.53 Å². The quantitative estimate of drug-likeness (QED) is 0.542. The summed E-state index contributed by atoms with van der Waals surface area (Å²) >= 11 is 0. The zero-order valence-electron chi connectivity index (χ0n) is 14.1. The number of carbonyl (C=O) groups excluding carboxylic acids is 1. The molecule has 0 aromatic heterocycles. The first-order valence-electron chi connectivity index (χ1n) is 8.04. The fourth-order valence-electron chi connectivity index (χ4n) is 2.42. The molecule has 0 aliphatic rings. The number of rotatable bonds is 6. The molecule has 23 heavy (non-hydrogen) atoms. The van der Waals surface area contributed by atoms with E-state index in [1.165, 1.54) is 11.1 Å². The highest BCUT2D eigenvalue weighted by molar-refractivity contribution is 5.89. The molecule has 0 atom stereocenters. The van der Waals surface area contributed by atoms with E-state index in [0.717, 1.165) is 18.4 Å². The van der Waals surface area contributed by atoms with Crippen LogP contribution < -0.4 is 0 Å². The zero-order chi connectivity index (χ0) is 16.7. The van der Waals surface area contributed by atoms with Gasteiger partial charge in [-0.05, 0) is 54.5 Å². The lowest BCUT2D eigenvalue weighted by Crippen LogP contribution is -2.01. The van der Waals surface area contributed by atoms with Gasteiger partial charge in [-0.3, -0.25) is 0 Å². The maximum atomic E-state index is 11.9. The van der Waals surface area contributed by atoms with Crippen molar-refractivity contribution in [2.45, 2.75) is 33.6 Å². The smallest absolute Gasteiger partial charge is 0.342 e. The van der Waals surface area contributed by atoms with E-state index >= 15 is 0 Å². The average molecular weight is 308 g/mol. The van der Waals surface area contributed by atoms with E-state index in [2.05, 4.69) is 38.1 Å². The standard InChI is InChI=1S/C21H24O2/c1-16(2)13-18-9-11-19(12-10-18)14-17(3)15-23-21(22)20-7-5-4-6-8-20/h4-12,15-16H,13-14H2,1-3H3. The molecule has 2 nitrogen and oxygen atoms in total. The van der Waals surface area contributed by atoms with Crippen LogP contribution in [-0.4, -0.2) is 5.97 Å². The molecule has 2 rings (SSSR count). The predicted octanol–water partition coefficient (Wildman–Crippen LogP) is 5.19. The van der Waals surface area contributed by atoms with Gasteiger partial charge in [-0.2, -0.15) is 0 Å². The van der Waals surface area contributed by atoms with E-state index in [4.69, 9.17) is 4.74 Å². The molecule has 0 aliphatic carbocycles. The molecule has 0 saturated carbocycles. The van der Waals surface area contributed by atoms with Gasteiger partial charge in [0, 0.05) is 0 Å². The summed E-state index contributed by atoms with van der Waals surface area (Å²) in [6.45, 7) is 6.42. The molecular formula is C21H24O2. The lowest BCUT2D eigenvalue weighted by molar-refractivity contribution is 0.0660. The van der Waals surface area contributed by atoms with Crippen LogP contribution in [0.4, 0.5) is 0 Å². The van der Waals surface area contributed by atoms with Crippen molar-refractivity contribution in [3.8, 4) is 0 Å². The van der Waals surface area contributed by atoms with E-state index in [1.54, 1.807) is 18.4 Å². The molecule has 0 unspecified atom stereocenters. The monoisotopic (exact) mass is 308 g/mol. The van der Waals surface area contributed by atoms with Gasteiger partial charge in [0.05, 0.1) is 11.8 Å². The van der Waals surface area contributed by atoms with Crippen LogP contribution in [-0.2, 0) is 17.6 Å². The van der Waals surface area contributed by atoms with Gasteiger partial charge in [-0.1, -0.05) is 56.3 Å². The Kier molecular flexibility index (Phi) is 6.16. The highest BCUT2D eigenvalue weighted by Gasteiger charge is 2.05. The van der Waals surface area contributed by atoms with Crippen LogP contribution in [0.1, 0.15) is 42.3 Å². The van der Waals surface area contributed by atoms with Crippen molar-refractivity contribution in [1.82, 2.24) is 0 Å². The summed E-state index contributed by atoms with van der Waals surface area (Å²) in [5, 5.41) is 0. The number of allylic oxidation sites excluding steroid dienone is 1. The van der Waals surface area contributed by atoms with Crippen molar-refractivity contribution in [3.63, 3.8) is 0 Å². The van der Waals surface area contributed by atoms with Crippen LogP contribution in [0.2, 0.25) is 0 Å². The third-order valence-corrected chi connectivity index (χ3v) is 3.53. The van der Waals surface area contributed by atoms with Crippen molar-refractivity contribution in [1.29, 1.82) is 0 Å². The van der Waals surface area contributed by atoms with Gasteiger partial charge in [0.1, 0.15) is 0 Å². The van der Waals surface area contributed by atoms with Crippen LogP contribution in [0.15, 0.2) is 66.4 Å². The van der Waals surface area contributed by atoms with Gasteiger partial charge < -0.3 is 4.74 Å². The van der Waals surface area contributed by atoms with Crippen LogP contribution in [0, 0.1) is 5.92 Å². The highest BCUT2D eigenvalue weighted by Crippen LogP contribution is 2.13. The Labute approximate surface area is 138 Å². The summed E-state index contributed by atoms with van der Waals surface area (Å²) in [7, 11) is 0. The van der Waals surface area contributed by atoms with E-state index in [1.807, 2.05) is 25.1 Å². The van der Waals surface area contributed by atoms with E-state index in [9.17, 15) is 4.79 Å². The van der Waals surface area contributed by atoms with Crippen LogP contribution in [0.25, 0.3) is 0 Å². The molecule has 120 valence electrons. The maximum Gasteiger partial charge on any atom is 0.342 e. The van der Waals surface area contributed by atoms with Crippen molar-refractivity contribution in [2.75, 3.05) is 0 Å². The molecule has 0 bridgehead atoms. The molecule has 0 aliphatic heterocycles. The molecule has 0 N–H and O–H groups in total. The largest absolute Gasteiger partial charge is 0.431 e. The van der Waals surface area contributed by atoms with Crippen LogP contribution in [0.3, 0.4) is 0 Å². The first-order chi connectivity index (χ1) is 11.0. The maximum absolute atomic E-state index is 11.9. The number of benzene rings is 2. The minimum Gasteiger partial charge on any atom is -0.431 e. The van der Waals surface area contributed by atoms with Crippen molar-refractivity contribution in [2.24, 2.45) is 5.92 Å². The van der Waals surface area contributed by atoms with E-state index < -0.39 is 0 Å². The van der Waals surface area contributed by atoms with Crippen molar-refractivity contribution in [3.05, 3.63) is 83.1 Å². The highest BCUT2D eigenvalue weighted by atomic mass is 16.5. The Morgan fingerprint density at radius 2 is 1.61 bits per heavy atom. The molecule has 0 radical (unpaired) electrons. The third kappa shape index (κ3) is 5.74. The summed E-state index contributed by atoms with van der Waals surface area (Å²) in [5.74, 6) is 0.345. The lowest BCUT2D eigenvalue weighted by atomic mass is 10.00. The minimum atomic E-state index is -0.322. The molecule has 2 aromatic rings. The lowest BCUT2D eigenvalue weighted by Gasteiger charge is -2.07. The van der Waals surface area contributed by atoms with Gasteiger partial charge in [0.2, 0.25) is 0 Å². The van der Waals surface area contributed by atoms with E-state index in [0.29, 0.717) is 11.5 Å². The number of hydrogen-bond donors (Lipinski definition) is 0. The fraction of sp³-hybridized carbons (Fsp3) is 0.286. The molecule has 0 fully saturated rings. The molecular weight excluding hydrogens is 284 g/mol. The molecule has 2 heteroatoms. The second-order valence-electron chi connectivity index (χ2n) is 6.33. The number of ether oxygens (including phenoxy) is 1. The number of esters is 1. The minimum absolute atomic E-state index is 0.322. The molecule has 0 amide bonds. The molecule has 0 spiro atoms. The fourth-order valence-corrected chi connectivity index (χ4v) is 2.42. The van der Waals surface area contributed by atoms with Gasteiger partial charge in [0.25, 0.3) is 0 Å². The van der Waals surface area contributed by atoms with Gasteiger partial charge >= 0.3 is 5.97 Å². The van der Waals surface area contributed by atoms with Gasteiger partial charge in [0.15, 0.2) is 0 Å². The van der Waals surface area contributed by atoms with Crippen LogP contribution >= 0.6 is 0 Å². The van der Waals surface area contributed by atoms with E-state index in [-0.39, 0.29) is 5.97 Å². The first-order valence-corrected chi connectivity index (χ1v) is 8.04. The van der Waals surface area contributed by atoms with Crippen molar-refractivity contribution >= 4 is 5.97 Å². The normalized spacial score (nSPS) is 11.6. The third-order valence-electron chi connectivity index (χ3n) is 3.53. The Hall–Kier alpha value is -2.35. The van der Waals surface area contributed by atoms with Gasteiger partial charge in [-0.25, -0.2) is 4.79 Å². The summed E-state index contributed by atoms with van der Waals surface area (Å²) < 4.78 is 5.24. The summed E-state index contributed by atoms with van der Waals surface area (Å²) in [6, 6.07) is 17.7. The summed E-state index contributed by atoms with van der Waals surface area (Å²) in [6.07, 6.45) is 3.44. The predicted molar refractivity (Wildman–Crippen MR) is 94.3 cm³/mol. The Morgan fingerprint density at radius 1 is 1.00 bits per heavy atom. The number of carbonyl (C=O) groups is 1. The zero-order valence-corrected chi connectivity index (χ0v) is 14.1. The average Bonchev–Trinajstić information content (AvgIpc) is 2.55. The topological polar surface area (TPSA) is 26.3 Å². The Bertz CT molecular complexity index is 652. The molecule has 0 heterocycles. The second kappa shape index (κ2) is 8.33. The molecule has 0 saturated heterocycles. The summed E-state index contributed by atoms with van der Waals surface area (Å²) in [5.41, 5.74) is 4.17.